The molecular weight excluding hydrogens is 735 g/mol. The zero-order chi connectivity index (χ0) is 37.8. The molecule has 9 nitrogen and oxygen atoms in total. The van der Waals surface area contributed by atoms with Crippen LogP contribution in [-0.2, 0) is 0 Å². The third-order valence-electron chi connectivity index (χ3n) is 8.21. The maximum absolute atomic E-state index is 7.07. The van der Waals surface area contributed by atoms with Gasteiger partial charge in [0.15, 0.2) is 0 Å². The zero-order valence-corrected chi connectivity index (χ0v) is 33.7. The van der Waals surface area contributed by atoms with Gasteiger partial charge in [-0.1, -0.05) is 106 Å². The van der Waals surface area contributed by atoms with Crippen molar-refractivity contribution in [3.63, 3.8) is 0 Å². The Kier molecular flexibility index (Phi) is 10.9. The molecule has 0 saturated heterocycles. The van der Waals surface area contributed by atoms with Crippen LogP contribution in [0.4, 0.5) is 0 Å². The van der Waals surface area contributed by atoms with Gasteiger partial charge in [0, 0.05) is 5.20 Å². The molecule has 7 rings (SSSR count). The quantitative estimate of drug-likeness (QED) is 0.0979. The second-order valence-electron chi connectivity index (χ2n) is 13.2. The lowest BCUT2D eigenvalue weighted by atomic mass is 10.2. The van der Waals surface area contributed by atoms with Gasteiger partial charge in [-0.15, -0.1) is 0 Å². The number of quaternary nitrogens is 1. The Morgan fingerprint density at radius 3 is 0.944 bits per heavy atom. The molecule has 1 aliphatic rings. The minimum absolute atomic E-state index is 0.455. The molecule has 0 unspecified atom stereocenters. The summed E-state index contributed by atoms with van der Waals surface area (Å²) in [6.45, 7) is 12.1. The summed E-state index contributed by atoms with van der Waals surface area (Å²) in [7, 11) is -6.73. The van der Waals surface area contributed by atoms with Crippen molar-refractivity contribution in [1.29, 1.82) is 0 Å². The Hall–Kier alpha value is -5.00. The Balaban J connectivity index is 1.53. The first-order valence-corrected chi connectivity index (χ1v) is 23.0. The van der Waals surface area contributed by atoms with Crippen LogP contribution < -0.4 is 33.0 Å². The number of nitrogens with one attached hydrogen (secondary N) is 1. The molecule has 0 saturated carbocycles. The first-order chi connectivity index (χ1) is 26.0. The summed E-state index contributed by atoms with van der Waals surface area (Å²) >= 11 is 0. The van der Waals surface area contributed by atoms with Crippen LogP contribution >= 0.6 is 21.9 Å². The minimum atomic E-state index is -3.64. The standard InChI is InChI=1S/C42H43N3O6P3/c1-31-7-19-37(20-8-31)46-45(47-38-21-9-32(2)10-22-38)43-53(48-39-23-11-33(3)12-24-39,49-40-25-13-34(4)14-26-40)52-54(44-45,50-41-27-15-35(5)16-28-41)51-42-29-17-36(6)18-30-42/h7-30,43H,1-6H3/q+1. The average molecular weight is 779 g/mol. The van der Waals surface area contributed by atoms with Gasteiger partial charge >= 0.3 is 14.4 Å². The molecule has 0 amide bonds. The number of aryl methyl sites for hydroxylation is 6. The van der Waals surface area contributed by atoms with Gasteiger partial charge in [0.2, 0.25) is 11.5 Å². The molecule has 276 valence electrons. The number of nitrogens with zero attached hydrogens (tertiary/aromatic N) is 2. The molecular formula is C42H43N3O6P3+. The molecule has 0 aromatic heterocycles. The van der Waals surface area contributed by atoms with E-state index < -0.39 is 19.4 Å². The summed E-state index contributed by atoms with van der Waals surface area (Å²) in [5, 5.41) is 2.52. The summed E-state index contributed by atoms with van der Waals surface area (Å²) in [5.74, 6) is 3.16. The highest BCUT2D eigenvalue weighted by molar-refractivity contribution is 8.37. The number of benzene rings is 6. The maximum atomic E-state index is 7.07. The van der Waals surface area contributed by atoms with Crippen LogP contribution in [-0.4, -0.2) is 5.03 Å². The second kappa shape index (κ2) is 15.8. The molecule has 0 bridgehead atoms. The number of hydrogen-bond donors (Lipinski definition) is 1. The van der Waals surface area contributed by atoms with Gasteiger partial charge in [0.05, 0.1) is 0 Å². The van der Waals surface area contributed by atoms with E-state index in [-0.39, 0.29) is 0 Å². The highest BCUT2D eigenvalue weighted by Gasteiger charge is 2.57. The molecule has 1 N–H and O–H groups in total. The Labute approximate surface area is 318 Å². The van der Waals surface area contributed by atoms with E-state index in [0.717, 1.165) is 33.4 Å². The van der Waals surface area contributed by atoms with E-state index in [1.165, 1.54) is 0 Å². The summed E-state index contributed by atoms with van der Waals surface area (Å²) in [6.07, 6.45) is 0. The largest absolute Gasteiger partial charge is 0.436 e. The van der Waals surface area contributed by atoms with Crippen LogP contribution in [0, 0.1) is 41.5 Å². The molecule has 54 heavy (non-hydrogen) atoms. The van der Waals surface area contributed by atoms with E-state index in [4.69, 9.17) is 32.6 Å². The Morgan fingerprint density at radius 2 is 0.648 bits per heavy atom. The van der Waals surface area contributed by atoms with Gasteiger partial charge in [0.25, 0.3) is 5.03 Å². The fraction of sp³-hybridized carbons (Fsp3) is 0.143. The maximum Gasteiger partial charge on any atom is 0.436 e. The van der Waals surface area contributed by atoms with Crippen LogP contribution in [0.5, 0.6) is 34.5 Å². The van der Waals surface area contributed by atoms with Crippen molar-refractivity contribution in [3.05, 3.63) is 179 Å². The SMILES string of the molecule is Cc1ccc(O[N+]2(Oc3ccc(C)cc3)N=P(Oc3ccc(C)cc3)(Oc3ccc(C)cc3)P=P(Oc3ccc(C)cc3)(Oc3ccc(C)cc3)N2)cc1. The van der Waals surface area contributed by atoms with Crippen molar-refractivity contribution < 1.29 is 32.8 Å². The lowest BCUT2D eigenvalue weighted by molar-refractivity contribution is -1.23. The van der Waals surface area contributed by atoms with E-state index >= 15 is 0 Å². The molecule has 6 aromatic carbocycles. The van der Waals surface area contributed by atoms with E-state index in [9.17, 15) is 0 Å². The van der Waals surface area contributed by atoms with Gasteiger partial charge in [-0.2, -0.15) is 0 Å². The lowest BCUT2D eigenvalue weighted by Gasteiger charge is -2.37. The summed E-state index contributed by atoms with van der Waals surface area (Å²) in [4.78, 5) is 19.0. The third kappa shape index (κ3) is 9.37. The Bertz CT molecular complexity index is 2170. The highest BCUT2D eigenvalue weighted by Crippen LogP contribution is 2.77. The lowest BCUT2D eigenvalue weighted by Crippen LogP contribution is -2.58. The normalized spacial score (nSPS) is 15.4. The molecule has 0 aliphatic carbocycles. The molecule has 0 fully saturated rings. The predicted octanol–water partition coefficient (Wildman–Crippen LogP) is 13.0. The van der Waals surface area contributed by atoms with Crippen LogP contribution in [0.1, 0.15) is 33.4 Å². The van der Waals surface area contributed by atoms with Crippen molar-refractivity contribution >= 4 is 21.9 Å². The van der Waals surface area contributed by atoms with Crippen molar-refractivity contribution in [3.8, 4) is 34.5 Å². The van der Waals surface area contributed by atoms with Crippen LogP contribution in [0.15, 0.2) is 150 Å². The van der Waals surface area contributed by atoms with Crippen LogP contribution in [0.25, 0.3) is 0 Å². The highest BCUT2D eigenvalue weighted by atomic mass is 32.3. The molecule has 0 radical (unpaired) electrons. The van der Waals surface area contributed by atoms with E-state index in [1.54, 1.807) is 0 Å². The Morgan fingerprint density at radius 1 is 0.389 bits per heavy atom. The van der Waals surface area contributed by atoms with Crippen LogP contribution in [0.2, 0.25) is 0 Å². The second-order valence-corrected chi connectivity index (χ2v) is 21.8. The summed E-state index contributed by atoms with van der Waals surface area (Å²) in [6, 6.07) is 46.5. The van der Waals surface area contributed by atoms with Gasteiger partial charge in [-0.3, -0.25) is 0 Å². The van der Waals surface area contributed by atoms with Gasteiger partial charge in [-0.25, -0.2) is 9.68 Å². The van der Waals surface area contributed by atoms with Crippen molar-refractivity contribution in [2.24, 2.45) is 4.85 Å². The van der Waals surface area contributed by atoms with Gasteiger partial charge in [-0.05, 0) is 114 Å². The van der Waals surface area contributed by atoms with Crippen molar-refractivity contribution in [1.82, 2.24) is 5.20 Å². The first-order valence-electron chi connectivity index (χ1n) is 17.5. The van der Waals surface area contributed by atoms with Gasteiger partial charge < -0.3 is 18.1 Å². The zero-order valence-electron chi connectivity index (χ0n) is 31.0. The molecule has 0 spiro atoms. The minimum Gasteiger partial charge on any atom is -0.426 e. The molecule has 0 atom stereocenters. The van der Waals surface area contributed by atoms with E-state index in [0.29, 0.717) is 42.1 Å². The van der Waals surface area contributed by atoms with Crippen molar-refractivity contribution in [2.75, 3.05) is 0 Å². The fourth-order valence-electron chi connectivity index (χ4n) is 5.24. The molecule has 12 heteroatoms. The number of rotatable bonds is 12. The molecule has 1 heterocycles. The summed E-state index contributed by atoms with van der Waals surface area (Å²) < 4.78 is 28.2. The monoisotopic (exact) mass is 778 g/mol. The van der Waals surface area contributed by atoms with Gasteiger partial charge in [0.1, 0.15) is 35.4 Å². The summed E-state index contributed by atoms with van der Waals surface area (Å²) in [5.41, 5.74) is 6.46. The third-order valence-corrected chi connectivity index (χ3v) is 18.5. The first kappa shape index (κ1) is 37.3. The number of hydrogen-bond acceptors (Lipinski definition) is 8. The van der Waals surface area contributed by atoms with E-state index in [2.05, 4.69) is 5.20 Å². The van der Waals surface area contributed by atoms with E-state index in [1.807, 2.05) is 187 Å². The molecule has 6 aromatic rings. The smallest absolute Gasteiger partial charge is 0.426 e. The topological polar surface area (TPSA) is 79.8 Å². The molecule has 1 aliphatic heterocycles. The fourth-order valence-corrected chi connectivity index (χ4v) is 16.5. The average Bonchev–Trinajstić information content (AvgIpc) is 3.14. The van der Waals surface area contributed by atoms with Crippen molar-refractivity contribution in [2.45, 2.75) is 41.5 Å². The predicted molar refractivity (Wildman–Crippen MR) is 217 cm³/mol. The van der Waals surface area contributed by atoms with Crippen LogP contribution in [0.3, 0.4) is 0 Å².